The summed E-state index contributed by atoms with van der Waals surface area (Å²) < 4.78 is 0. The lowest BCUT2D eigenvalue weighted by Gasteiger charge is -2.39. The summed E-state index contributed by atoms with van der Waals surface area (Å²) in [6.07, 6.45) is 3.95. The molecule has 0 amide bonds. The van der Waals surface area contributed by atoms with E-state index in [0.717, 1.165) is 18.7 Å². The largest absolute Gasteiger partial charge is 0.392 e. The Balaban J connectivity index is 2.00. The van der Waals surface area contributed by atoms with Crippen LogP contribution in [0.25, 0.3) is 0 Å². The Bertz CT molecular complexity index is 390. The molecule has 1 aromatic rings. The molecule has 2 unspecified atom stereocenters. The van der Waals surface area contributed by atoms with Crippen LogP contribution in [0.15, 0.2) is 24.3 Å². The number of piperidine rings is 1. The molecule has 0 bridgehead atoms. The molecule has 0 aromatic heterocycles. The third-order valence-corrected chi connectivity index (χ3v) is 4.36. The fourth-order valence-electron chi connectivity index (χ4n) is 3.22. The first kappa shape index (κ1) is 15.5. The summed E-state index contributed by atoms with van der Waals surface area (Å²) in [7, 11) is 0. The summed E-state index contributed by atoms with van der Waals surface area (Å²) in [6, 6.07) is 9.55. The van der Waals surface area contributed by atoms with E-state index >= 15 is 0 Å². The molecule has 1 aromatic carbocycles. The Morgan fingerprint density at radius 2 is 1.95 bits per heavy atom. The Kier molecular flexibility index (Phi) is 6.02. The highest BCUT2D eigenvalue weighted by atomic mass is 16.3. The topological polar surface area (TPSA) is 35.5 Å². The van der Waals surface area contributed by atoms with E-state index in [1.807, 2.05) is 12.1 Å². The van der Waals surface area contributed by atoms with Gasteiger partial charge in [-0.15, -0.1) is 0 Å². The van der Waals surface area contributed by atoms with E-state index in [1.54, 1.807) is 0 Å². The Morgan fingerprint density at radius 3 is 2.60 bits per heavy atom. The molecule has 0 radical (unpaired) electrons. The smallest absolute Gasteiger partial charge is 0.0681 e. The molecule has 1 fully saturated rings. The van der Waals surface area contributed by atoms with Gasteiger partial charge in [-0.1, -0.05) is 37.6 Å². The number of hydrogen-bond donors (Lipinski definition) is 2. The predicted molar refractivity (Wildman–Crippen MR) is 83.6 cm³/mol. The zero-order valence-corrected chi connectivity index (χ0v) is 12.8. The van der Waals surface area contributed by atoms with Crippen LogP contribution < -0.4 is 5.32 Å². The molecule has 0 spiro atoms. The van der Waals surface area contributed by atoms with Crippen molar-refractivity contribution in [1.29, 1.82) is 0 Å². The van der Waals surface area contributed by atoms with Gasteiger partial charge < -0.3 is 10.4 Å². The summed E-state index contributed by atoms with van der Waals surface area (Å²) in [5.41, 5.74) is 2.34. The molecule has 2 N–H and O–H groups in total. The Labute approximate surface area is 123 Å². The molecule has 1 aliphatic rings. The van der Waals surface area contributed by atoms with E-state index in [4.69, 9.17) is 5.11 Å². The number of nitrogens with zero attached hydrogens (tertiary/aromatic N) is 1. The average Bonchev–Trinajstić information content (AvgIpc) is 2.49. The van der Waals surface area contributed by atoms with Crippen LogP contribution in [-0.2, 0) is 13.2 Å². The molecular weight excluding hydrogens is 248 g/mol. The number of hydrogen-bond acceptors (Lipinski definition) is 3. The van der Waals surface area contributed by atoms with Gasteiger partial charge >= 0.3 is 0 Å². The van der Waals surface area contributed by atoms with Gasteiger partial charge in [0.2, 0.25) is 0 Å². The third kappa shape index (κ3) is 4.05. The zero-order valence-electron chi connectivity index (χ0n) is 12.8. The van der Waals surface area contributed by atoms with Crippen molar-refractivity contribution in [2.75, 3.05) is 13.1 Å². The van der Waals surface area contributed by atoms with Crippen molar-refractivity contribution >= 4 is 0 Å². The van der Waals surface area contributed by atoms with Crippen LogP contribution >= 0.6 is 0 Å². The number of aliphatic hydroxyl groups excluding tert-OH is 1. The van der Waals surface area contributed by atoms with Crippen LogP contribution in [0.1, 0.15) is 44.2 Å². The molecule has 1 heterocycles. The summed E-state index contributed by atoms with van der Waals surface area (Å²) in [4.78, 5) is 2.62. The molecule has 112 valence electrons. The normalized spacial score (nSPS) is 21.9. The van der Waals surface area contributed by atoms with Crippen LogP contribution in [-0.4, -0.2) is 35.2 Å². The standard InChI is InChI=1S/C17H28N2O/c1-3-18-14(2)17-6-4-5-11-19(17)12-15-7-9-16(13-20)10-8-15/h7-10,14,17-18,20H,3-6,11-13H2,1-2H3. The minimum Gasteiger partial charge on any atom is -0.392 e. The maximum Gasteiger partial charge on any atom is 0.0681 e. The maximum absolute atomic E-state index is 9.11. The highest BCUT2D eigenvalue weighted by molar-refractivity contribution is 5.22. The highest BCUT2D eigenvalue weighted by Gasteiger charge is 2.26. The van der Waals surface area contributed by atoms with Crippen LogP contribution in [0.4, 0.5) is 0 Å². The molecule has 1 saturated heterocycles. The second-order valence-corrected chi connectivity index (χ2v) is 5.85. The lowest BCUT2D eigenvalue weighted by molar-refractivity contribution is 0.112. The van der Waals surface area contributed by atoms with Crippen molar-refractivity contribution in [2.45, 2.75) is 58.3 Å². The van der Waals surface area contributed by atoms with E-state index in [-0.39, 0.29) is 6.61 Å². The molecule has 3 heteroatoms. The van der Waals surface area contributed by atoms with Crippen molar-refractivity contribution in [3.05, 3.63) is 35.4 Å². The molecule has 2 atom stereocenters. The van der Waals surface area contributed by atoms with Gasteiger partial charge in [-0.3, -0.25) is 4.90 Å². The van der Waals surface area contributed by atoms with Crippen molar-refractivity contribution in [2.24, 2.45) is 0 Å². The average molecular weight is 276 g/mol. The number of rotatable bonds is 6. The summed E-state index contributed by atoms with van der Waals surface area (Å²) >= 11 is 0. The van der Waals surface area contributed by atoms with E-state index in [0.29, 0.717) is 12.1 Å². The monoisotopic (exact) mass is 276 g/mol. The second kappa shape index (κ2) is 7.77. The van der Waals surface area contributed by atoms with Gasteiger partial charge in [0.1, 0.15) is 0 Å². The van der Waals surface area contributed by atoms with Gasteiger partial charge in [-0.2, -0.15) is 0 Å². The third-order valence-electron chi connectivity index (χ3n) is 4.36. The summed E-state index contributed by atoms with van der Waals surface area (Å²) in [5, 5.41) is 12.7. The van der Waals surface area contributed by atoms with Crippen molar-refractivity contribution < 1.29 is 5.11 Å². The molecule has 1 aliphatic heterocycles. The van der Waals surface area contributed by atoms with E-state index in [9.17, 15) is 0 Å². The van der Waals surface area contributed by atoms with Crippen molar-refractivity contribution in [3.8, 4) is 0 Å². The first-order chi connectivity index (χ1) is 9.74. The van der Waals surface area contributed by atoms with Crippen LogP contribution in [0.3, 0.4) is 0 Å². The van der Waals surface area contributed by atoms with Crippen molar-refractivity contribution in [1.82, 2.24) is 10.2 Å². The number of likely N-dealkylation sites (tertiary alicyclic amines) is 1. The number of benzene rings is 1. The zero-order chi connectivity index (χ0) is 14.4. The van der Waals surface area contributed by atoms with Gasteiger partial charge in [0.05, 0.1) is 6.61 Å². The molecular formula is C17H28N2O. The van der Waals surface area contributed by atoms with Gasteiger partial charge in [0.25, 0.3) is 0 Å². The fourth-order valence-corrected chi connectivity index (χ4v) is 3.22. The summed E-state index contributed by atoms with van der Waals surface area (Å²) in [5.74, 6) is 0. The number of aliphatic hydroxyl groups is 1. The summed E-state index contributed by atoms with van der Waals surface area (Å²) in [6.45, 7) is 7.87. The second-order valence-electron chi connectivity index (χ2n) is 5.85. The first-order valence-electron chi connectivity index (χ1n) is 7.90. The van der Waals surface area contributed by atoms with E-state index in [1.165, 1.54) is 31.4 Å². The van der Waals surface area contributed by atoms with Gasteiger partial charge in [-0.05, 0) is 44.0 Å². The van der Waals surface area contributed by atoms with Crippen molar-refractivity contribution in [3.63, 3.8) is 0 Å². The lowest BCUT2D eigenvalue weighted by Crippen LogP contribution is -2.50. The first-order valence-corrected chi connectivity index (χ1v) is 7.90. The molecule has 3 nitrogen and oxygen atoms in total. The number of likely N-dealkylation sites (N-methyl/N-ethyl adjacent to an activating group) is 1. The lowest BCUT2D eigenvalue weighted by atomic mass is 9.95. The SMILES string of the molecule is CCNC(C)C1CCCCN1Cc1ccc(CO)cc1. The molecule has 20 heavy (non-hydrogen) atoms. The van der Waals surface area contributed by atoms with E-state index in [2.05, 4.69) is 36.2 Å². The van der Waals surface area contributed by atoms with Crippen LogP contribution in [0.5, 0.6) is 0 Å². The minimum absolute atomic E-state index is 0.129. The highest BCUT2D eigenvalue weighted by Crippen LogP contribution is 2.22. The number of nitrogens with one attached hydrogen (secondary N) is 1. The van der Waals surface area contributed by atoms with Crippen LogP contribution in [0.2, 0.25) is 0 Å². The Hall–Kier alpha value is -0.900. The molecule has 2 rings (SSSR count). The van der Waals surface area contributed by atoms with Gasteiger partial charge in [-0.25, -0.2) is 0 Å². The predicted octanol–water partition coefficient (Wildman–Crippen LogP) is 2.53. The van der Waals surface area contributed by atoms with Gasteiger partial charge in [0, 0.05) is 18.6 Å². The van der Waals surface area contributed by atoms with E-state index < -0.39 is 0 Å². The maximum atomic E-state index is 9.11. The molecule has 0 aliphatic carbocycles. The van der Waals surface area contributed by atoms with Crippen LogP contribution in [0, 0.1) is 0 Å². The Morgan fingerprint density at radius 1 is 1.25 bits per heavy atom. The molecule has 0 saturated carbocycles. The fraction of sp³-hybridized carbons (Fsp3) is 0.647. The quantitative estimate of drug-likeness (QED) is 0.838. The minimum atomic E-state index is 0.129. The van der Waals surface area contributed by atoms with Gasteiger partial charge in [0.15, 0.2) is 0 Å².